The number of hydrogen-bond donors (Lipinski definition) is 4. The minimum Gasteiger partial charge on any atom is -0.504 e. The number of carboxylic acid groups (broad SMARTS) is 1. The summed E-state index contributed by atoms with van der Waals surface area (Å²) in [6, 6.07) is 1.69. The van der Waals surface area contributed by atoms with Crippen molar-refractivity contribution in [1.82, 2.24) is 0 Å². The van der Waals surface area contributed by atoms with Crippen LogP contribution in [0.5, 0.6) is 17.2 Å². The van der Waals surface area contributed by atoms with Crippen molar-refractivity contribution in [2.24, 2.45) is 0 Å². The number of phenolic OH excluding ortho intramolecular Hbond substituents is 3. The lowest BCUT2D eigenvalue weighted by molar-refractivity contribution is -0.140. The first-order valence-corrected chi connectivity index (χ1v) is 4.91. The Balaban J connectivity index is 0.000000411. The van der Waals surface area contributed by atoms with Crippen LogP contribution in [-0.4, -0.2) is 39.0 Å². The molecule has 0 radical (unpaired) electrons. The summed E-state index contributed by atoms with van der Waals surface area (Å²) in [4.78, 5) is 20.1. The summed E-state index contributed by atoms with van der Waals surface area (Å²) in [6.45, 7) is 3.65. The van der Waals surface area contributed by atoms with Crippen LogP contribution in [0.1, 0.15) is 24.2 Å². The second kappa shape index (κ2) is 7.00. The van der Waals surface area contributed by atoms with Crippen molar-refractivity contribution in [3.63, 3.8) is 0 Å². The first-order chi connectivity index (χ1) is 8.29. The fraction of sp³-hybridized carbons (Fsp3) is 0.273. The molecule has 0 amide bonds. The summed E-state index contributed by atoms with van der Waals surface area (Å²) in [5, 5.41) is 35.0. The maximum absolute atomic E-state index is 10.3. The van der Waals surface area contributed by atoms with Gasteiger partial charge in [0.2, 0.25) is 0 Å². The first-order valence-electron chi connectivity index (χ1n) is 4.91. The summed E-state index contributed by atoms with van der Waals surface area (Å²) in [5.41, 5.74) is -0.289. The normalized spacial score (nSPS) is 9.00. The van der Waals surface area contributed by atoms with Crippen LogP contribution in [0.3, 0.4) is 0 Å². The third kappa shape index (κ3) is 5.06. The molecule has 0 atom stereocenters. The number of carbonyl (C=O) groups is 2. The molecule has 7 nitrogen and oxygen atoms in total. The minimum absolute atomic E-state index is 0.211. The summed E-state index contributed by atoms with van der Waals surface area (Å²) >= 11 is 0. The van der Waals surface area contributed by atoms with Crippen LogP contribution in [0, 0.1) is 0 Å². The molecule has 1 aromatic rings. The largest absolute Gasteiger partial charge is 0.504 e. The van der Waals surface area contributed by atoms with Gasteiger partial charge in [0.1, 0.15) is 0 Å². The molecule has 4 N–H and O–H groups in total. The number of aromatic carboxylic acids is 1. The van der Waals surface area contributed by atoms with E-state index in [1.54, 1.807) is 6.92 Å². The minimum atomic E-state index is -1.29. The van der Waals surface area contributed by atoms with E-state index in [0.29, 0.717) is 6.61 Å². The van der Waals surface area contributed by atoms with E-state index in [0.717, 1.165) is 12.1 Å². The van der Waals surface area contributed by atoms with Gasteiger partial charge in [-0.2, -0.15) is 0 Å². The predicted molar refractivity (Wildman–Crippen MR) is 60.7 cm³/mol. The van der Waals surface area contributed by atoms with E-state index < -0.39 is 23.2 Å². The van der Waals surface area contributed by atoms with Gasteiger partial charge in [-0.3, -0.25) is 4.79 Å². The van der Waals surface area contributed by atoms with Crippen molar-refractivity contribution >= 4 is 11.9 Å². The molecule has 0 aromatic heterocycles. The van der Waals surface area contributed by atoms with E-state index in [1.165, 1.54) is 6.92 Å². The lowest BCUT2D eigenvalue weighted by Gasteiger charge is -2.01. The van der Waals surface area contributed by atoms with Crippen molar-refractivity contribution in [2.75, 3.05) is 6.61 Å². The van der Waals surface area contributed by atoms with Gasteiger partial charge in [-0.15, -0.1) is 0 Å². The highest BCUT2D eigenvalue weighted by Crippen LogP contribution is 2.35. The molecule has 0 spiro atoms. The highest BCUT2D eigenvalue weighted by atomic mass is 16.5. The number of benzene rings is 1. The average Bonchev–Trinajstić information content (AvgIpc) is 2.25. The number of carbonyl (C=O) groups excluding carboxylic acids is 1. The molecule has 100 valence electrons. The lowest BCUT2D eigenvalue weighted by atomic mass is 10.2. The molecule has 0 aliphatic rings. The molecule has 0 saturated carbocycles. The van der Waals surface area contributed by atoms with E-state index >= 15 is 0 Å². The molecule has 0 unspecified atom stereocenters. The predicted octanol–water partition coefficient (Wildman–Crippen LogP) is 1.07. The Hall–Kier alpha value is -2.44. The van der Waals surface area contributed by atoms with Gasteiger partial charge in [0.15, 0.2) is 17.2 Å². The highest BCUT2D eigenvalue weighted by molar-refractivity contribution is 5.89. The monoisotopic (exact) mass is 258 g/mol. The molecule has 0 aliphatic heterocycles. The maximum atomic E-state index is 10.3. The first kappa shape index (κ1) is 15.6. The van der Waals surface area contributed by atoms with E-state index in [9.17, 15) is 9.59 Å². The molecular formula is C11H14O7. The number of esters is 1. The molecule has 1 aromatic carbocycles. The lowest BCUT2D eigenvalue weighted by Crippen LogP contribution is -1.95. The molecule has 7 heteroatoms. The van der Waals surface area contributed by atoms with E-state index in [-0.39, 0.29) is 11.5 Å². The van der Waals surface area contributed by atoms with Crippen LogP contribution in [0.4, 0.5) is 0 Å². The zero-order valence-electron chi connectivity index (χ0n) is 9.88. The number of rotatable bonds is 2. The Morgan fingerprint density at radius 1 is 1.17 bits per heavy atom. The number of hydrogen-bond acceptors (Lipinski definition) is 6. The molecule has 0 heterocycles. The summed E-state index contributed by atoms with van der Waals surface area (Å²) in [5.74, 6) is -3.54. The molecule has 18 heavy (non-hydrogen) atoms. The SMILES string of the molecule is CCOC(C)=O.O=C(O)c1cc(O)c(O)c(O)c1. The topological polar surface area (TPSA) is 124 Å². The van der Waals surface area contributed by atoms with Crippen LogP contribution < -0.4 is 0 Å². The maximum Gasteiger partial charge on any atom is 0.335 e. The van der Waals surface area contributed by atoms with Crippen molar-refractivity contribution in [1.29, 1.82) is 0 Å². The van der Waals surface area contributed by atoms with Crippen LogP contribution >= 0.6 is 0 Å². The molecule has 1 rings (SSSR count). The Bertz CT molecular complexity index is 416. The second-order valence-corrected chi connectivity index (χ2v) is 3.09. The Morgan fingerprint density at radius 3 is 1.83 bits per heavy atom. The summed E-state index contributed by atoms with van der Waals surface area (Å²) in [7, 11) is 0. The second-order valence-electron chi connectivity index (χ2n) is 3.09. The standard InChI is InChI=1S/C7H6O5.C4H8O2/c8-4-1-3(7(11)12)2-5(9)6(4)10;1-3-6-4(2)5/h1-2,8-10H,(H,11,12);3H2,1-2H3. The van der Waals surface area contributed by atoms with Gasteiger partial charge >= 0.3 is 11.9 Å². The van der Waals surface area contributed by atoms with Crippen LogP contribution in [0.15, 0.2) is 12.1 Å². The van der Waals surface area contributed by atoms with Gasteiger partial charge in [-0.25, -0.2) is 4.79 Å². The quantitative estimate of drug-likeness (QED) is 0.462. The zero-order valence-corrected chi connectivity index (χ0v) is 9.88. The third-order valence-electron chi connectivity index (χ3n) is 1.66. The number of carboxylic acids is 1. The molecule has 0 bridgehead atoms. The van der Waals surface area contributed by atoms with Crippen molar-refractivity contribution in [3.05, 3.63) is 17.7 Å². The van der Waals surface area contributed by atoms with Gasteiger partial charge < -0.3 is 25.2 Å². The van der Waals surface area contributed by atoms with Crippen LogP contribution in [0.25, 0.3) is 0 Å². The highest BCUT2D eigenvalue weighted by Gasteiger charge is 2.11. The summed E-state index contributed by atoms with van der Waals surface area (Å²) in [6.07, 6.45) is 0. The van der Waals surface area contributed by atoms with Gasteiger partial charge in [-0.1, -0.05) is 0 Å². The molecular weight excluding hydrogens is 244 g/mol. The molecule has 0 saturated heterocycles. The van der Waals surface area contributed by atoms with Gasteiger partial charge in [0.25, 0.3) is 0 Å². The summed E-state index contributed by atoms with van der Waals surface area (Å²) < 4.78 is 4.40. The van der Waals surface area contributed by atoms with Crippen molar-refractivity contribution in [2.45, 2.75) is 13.8 Å². The van der Waals surface area contributed by atoms with Gasteiger partial charge in [0.05, 0.1) is 12.2 Å². The molecule has 0 aliphatic carbocycles. The van der Waals surface area contributed by atoms with Crippen molar-refractivity contribution < 1.29 is 34.8 Å². The number of aromatic hydroxyl groups is 3. The Labute approximate surface area is 103 Å². The fourth-order valence-corrected chi connectivity index (χ4v) is 0.931. The Kier molecular flexibility index (Phi) is 6.05. The van der Waals surface area contributed by atoms with E-state index in [2.05, 4.69) is 4.74 Å². The van der Waals surface area contributed by atoms with Crippen LogP contribution in [0.2, 0.25) is 0 Å². The average molecular weight is 258 g/mol. The zero-order chi connectivity index (χ0) is 14.3. The van der Waals surface area contributed by atoms with Crippen molar-refractivity contribution in [3.8, 4) is 17.2 Å². The van der Waals surface area contributed by atoms with Crippen LogP contribution in [-0.2, 0) is 9.53 Å². The third-order valence-corrected chi connectivity index (χ3v) is 1.66. The molecule has 0 fully saturated rings. The van der Waals surface area contributed by atoms with Gasteiger partial charge in [0, 0.05) is 6.92 Å². The van der Waals surface area contributed by atoms with E-state index in [4.69, 9.17) is 20.4 Å². The number of phenols is 3. The Morgan fingerprint density at radius 2 is 1.61 bits per heavy atom. The fourth-order valence-electron chi connectivity index (χ4n) is 0.931. The van der Waals surface area contributed by atoms with Gasteiger partial charge in [-0.05, 0) is 19.1 Å². The number of ether oxygens (including phenoxy) is 1. The van der Waals surface area contributed by atoms with E-state index in [1.807, 2.05) is 0 Å². The smallest absolute Gasteiger partial charge is 0.335 e.